The molecule has 2 aromatic heterocycles. The van der Waals surface area contributed by atoms with Crippen LogP contribution in [0, 0.1) is 11.3 Å². The molecule has 0 fully saturated rings. The maximum atomic E-state index is 9.58. The van der Waals surface area contributed by atoms with Gasteiger partial charge in [-0.2, -0.15) is 5.26 Å². The summed E-state index contributed by atoms with van der Waals surface area (Å²) in [7, 11) is 0. The minimum absolute atomic E-state index is 0.195. The van der Waals surface area contributed by atoms with Crippen LogP contribution in [0.2, 0.25) is 5.02 Å². The molecule has 25 heavy (non-hydrogen) atoms. The van der Waals surface area contributed by atoms with E-state index in [0.29, 0.717) is 16.3 Å². The molecule has 3 N–H and O–H groups in total. The summed E-state index contributed by atoms with van der Waals surface area (Å²) in [6.45, 7) is 0. The van der Waals surface area contributed by atoms with Crippen LogP contribution in [0.25, 0.3) is 33.3 Å². The number of hydrogen-bond donors (Lipinski definition) is 2. The standard InChI is InChI=1S/C20H13ClN4/c21-17-7-3-1-6-13(17)19-9-14(15(10-22)20(23)25-19)16-11-24-18-8-4-2-5-12(16)18/h1-9,11,24H,(H2,23,25). The molecule has 0 bridgehead atoms. The highest BCUT2D eigenvalue weighted by Crippen LogP contribution is 2.36. The number of pyridine rings is 1. The van der Waals surface area contributed by atoms with Crippen molar-refractivity contribution in [1.29, 1.82) is 5.26 Å². The zero-order valence-electron chi connectivity index (χ0n) is 13.1. The second kappa shape index (κ2) is 5.97. The number of halogens is 1. The average Bonchev–Trinajstić information content (AvgIpc) is 3.05. The number of nitrogen functional groups attached to an aromatic ring is 1. The number of nitrogens with zero attached hydrogens (tertiary/aromatic N) is 2. The fourth-order valence-electron chi connectivity index (χ4n) is 3.00. The number of para-hydroxylation sites is 1. The fraction of sp³-hybridized carbons (Fsp3) is 0. The van der Waals surface area contributed by atoms with E-state index in [-0.39, 0.29) is 5.82 Å². The molecule has 0 aliphatic heterocycles. The molecule has 0 aliphatic rings. The Labute approximate surface area is 149 Å². The Bertz CT molecular complexity index is 1140. The summed E-state index contributed by atoms with van der Waals surface area (Å²) in [4.78, 5) is 7.62. The molecule has 4 rings (SSSR count). The van der Waals surface area contributed by atoms with Crippen LogP contribution < -0.4 is 5.73 Å². The van der Waals surface area contributed by atoms with E-state index in [0.717, 1.165) is 27.6 Å². The van der Waals surface area contributed by atoms with Gasteiger partial charge < -0.3 is 10.7 Å². The van der Waals surface area contributed by atoms with Crippen molar-refractivity contribution in [1.82, 2.24) is 9.97 Å². The lowest BCUT2D eigenvalue weighted by Gasteiger charge is -2.10. The van der Waals surface area contributed by atoms with Crippen molar-refractivity contribution < 1.29 is 0 Å². The molecule has 0 unspecified atom stereocenters. The van der Waals surface area contributed by atoms with E-state index in [9.17, 15) is 5.26 Å². The molecular weight excluding hydrogens is 332 g/mol. The number of benzene rings is 2. The molecule has 120 valence electrons. The third kappa shape index (κ3) is 2.51. The highest BCUT2D eigenvalue weighted by molar-refractivity contribution is 6.33. The molecule has 4 nitrogen and oxygen atoms in total. The number of aromatic nitrogens is 2. The van der Waals surface area contributed by atoms with Gasteiger partial charge in [-0.05, 0) is 18.2 Å². The van der Waals surface area contributed by atoms with Crippen LogP contribution in [0.5, 0.6) is 0 Å². The van der Waals surface area contributed by atoms with E-state index in [1.165, 1.54) is 0 Å². The van der Waals surface area contributed by atoms with Gasteiger partial charge in [0, 0.05) is 38.8 Å². The second-order valence-corrected chi connectivity index (χ2v) is 6.06. The molecule has 2 heterocycles. The SMILES string of the molecule is N#Cc1c(-c2c[nH]c3ccccc23)cc(-c2ccccc2Cl)nc1N. The van der Waals surface area contributed by atoms with Crippen molar-refractivity contribution in [2.75, 3.05) is 5.73 Å². The van der Waals surface area contributed by atoms with E-state index >= 15 is 0 Å². The van der Waals surface area contributed by atoms with Crippen molar-refractivity contribution in [2.24, 2.45) is 0 Å². The molecule has 0 saturated carbocycles. The third-order valence-electron chi connectivity index (χ3n) is 4.19. The summed E-state index contributed by atoms with van der Waals surface area (Å²) in [6.07, 6.45) is 1.89. The highest BCUT2D eigenvalue weighted by atomic mass is 35.5. The van der Waals surface area contributed by atoms with Crippen LogP contribution in [0.3, 0.4) is 0 Å². The van der Waals surface area contributed by atoms with Gasteiger partial charge in [-0.3, -0.25) is 0 Å². The number of rotatable bonds is 2. The average molecular weight is 345 g/mol. The summed E-state index contributed by atoms with van der Waals surface area (Å²) < 4.78 is 0. The van der Waals surface area contributed by atoms with Crippen LogP contribution in [-0.4, -0.2) is 9.97 Å². The van der Waals surface area contributed by atoms with Gasteiger partial charge in [0.25, 0.3) is 0 Å². The monoisotopic (exact) mass is 344 g/mol. The maximum Gasteiger partial charge on any atom is 0.142 e. The van der Waals surface area contributed by atoms with E-state index < -0.39 is 0 Å². The van der Waals surface area contributed by atoms with Crippen LogP contribution in [0.15, 0.2) is 60.8 Å². The Kier molecular flexibility index (Phi) is 3.64. The van der Waals surface area contributed by atoms with Crippen molar-refractivity contribution in [3.05, 3.63) is 71.4 Å². The molecule has 5 heteroatoms. The van der Waals surface area contributed by atoms with Gasteiger partial charge in [0.05, 0.1) is 5.69 Å². The Morgan fingerprint density at radius 2 is 1.76 bits per heavy atom. The zero-order valence-corrected chi connectivity index (χ0v) is 13.9. The van der Waals surface area contributed by atoms with Crippen molar-refractivity contribution in [3.63, 3.8) is 0 Å². The predicted octanol–water partition coefficient (Wildman–Crippen LogP) is 5.00. The van der Waals surface area contributed by atoms with Gasteiger partial charge in [0.1, 0.15) is 17.5 Å². The first kappa shape index (κ1) is 15.3. The Morgan fingerprint density at radius 1 is 1.00 bits per heavy atom. The minimum atomic E-state index is 0.195. The molecule has 0 aliphatic carbocycles. The predicted molar refractivity (Wildman–Crippen MR) is 101 cm³/mol. The number of anilines is 1. The van der Waals surface area contributed by atoms with Gasteiger partial charge in [0.2, 0.25) is 0 Å². The summed E-state index contributed by atoms with van der Waals surface area (Å²) in [5.74, 6) is 0.195. The summed E-state index contributed by atoms with van der Waals surface area (Å²) in [5, 5.41) is 11.2. The molecule has 0 amide bonds. The van der Waals surface area contributed by atoms with Crippen molar-refractivity contribution >= 4 is 28.3 Å². The summed E-state index contributed by atoms with van der Waals surface area (Å²) in [5.41, 5.74) is 10.5. The van der Waals surface area contributed by atoms with Crippen LogP contribution in [-0.2, 0) is 0 Å². The molecule has 0 atom stereocenters. The van der Waals surface area contributed by atoms with Crippen molar-refractivity contribution in [2.45, 2.75) is 0 Å². The number of hydrogen-bond acceptors (Lipinski definition) is 3. The smallest absolute Gasteiger partial charge is 0.142 e. The number of nitriles is 1. The van der Waals surface area contributed by atoms with Crippen LogP contribution in [0.4, 0.5) is 5.82 Å². The molecule has 2 aromatic carbocycles. The topological polar surface area (TPSA) is 78.5 Å². The van der Waals surface area contributed by atoms with Gasteiger partial charge in [-0.15, -0.1) is 0 Å². The van der Waals surface area contributed by atoms with Crippen LogP contribution in [0.1, 0.15) is 5.56 Å². The lowest BCUT2D eigenvalue weighted by Crippen LogP contribution is -1.99. The number of aromatic amines is 1. The first-order valence-electron chi connectivity index (χ1n) is 7.71. The first-order valence-corrected chi connectivity index (χ1v) is 8.09. The number of fused-ring (bicyclic) bond motifs is 1. The molecule has 0 spiro atoms. The normalized spacial score (nSPS) is 10.7. The molecular formula is C20H13ClN4. The molecule has 4 aromatic rings. The van der Waals surface area contributed by atoms with E-state index in [1.54, 1.807) is 6.07 Å². The Hall–Kier alpha value is -3.29. The van der Waals surface area contributed by atoms with Gasteiger partial charge >= 0.3 is 0 Å². The summed E-state index contributed by atoms with van der Waals surface area (Å²) in [6, 6.07) is 19.4. The Balaban J connectivity index is 2.02. The minimum Gasteiger partial charge on any atom is -0.383 e. The van der Waals surface area contributed by atoms with Gasteiger partial charge in [0.15, 0.2) is 0 Å². The van der Waals surface area contributed by atoms with E-state index in [2.05, 4.69) is 16.0 Å². The number of nitrogens with one attached hydrogen (secondary N) is 1. The van der Waals surface area contributed by atoms with E-state index in [1.807, 2.05) is 54.7 Å². The first-order chi connectivity index (χ1) is 12.2. The fourth-order valence-corrected chi connectivity index (χ4v) is 3.23. The Morgan fingerprint density at radius 3 is 2.56 bits per heavy atom. The quantitative estimate of drug-likeness (QED) is 0.536. The maximum absolute atomic E-state index is 9.58. The van der Waals surface area contributed by atoms with E-state index in [4.69, 9.17) is 17.3 Å². The second-order valence-electron chi connectivity index (χ2n) is 5.65. The number of H-pyrrole nitrogens is 1. The lowest BCUT2D eigenvalue weighted by molar-refractivity contribution is 1.31. The lowest BCUT2D eigenvalue weighted by atomic mass is 9.98. The highest BCUT2D eigenvalue weighted by Gasteiger charge is 2.17. The van der Waals surface area contributed by atoms with Gasteiger partial charge in [-0.1, -0.05) is 48.0 Å². The van der Waals surface area contributed by atoms with Gasteiger partial charge in [-0.25, -0.2) is 4.98 Å². The third-order valence-corrected chi connectivity index (χ3v) is 4.52. The van der Waals surface area contributed by atoms with Crippen LogP contribution >= 0.6 is 11.6 Å². The summed E-state index contributed by atoms with van der Waals surface area (Å²) >= 11 is 6.31. The zero-order chi connectivity index (χ0) is 17.4. The van der Waals surface area contributed by atoms with Crippen molar-refractivity contribution in [3.8, 4) is 28.5 Å². The number of nitrogens with two attached hydrogens (primary N) is 1. The largest absolute Gasteiger partial charge is 0.383 e. The molecule has 0 saturated heterocycles. The molecule has 0 radical (unpaired) electrons.